The molecule has 2 aromatic rings. The Morgan fingerprint density at radius 2 is 1.67 bits per heavy atom. The predicted octanol–water partition coefficient (Wildman–Crippen LogP) is 3.38. The van der Waals surface area contributed by atoms with Crippen LogP contribution in [0.4, 0.5) is 26.2 Å². The summed E-state index contributed by atoms with van der Waals surface area (Å²) in [5.41, 5.74) is 5.62. The van der Waals surface area contributed by atoms with E-state index in [0.29, 0.717) is 18.7 Å². The van der Waals surface area contributed by atoms with Gasteiger partial charge in [0.1, 0.15) is 12.4 Å². The molecule has 0 aliphatic heterocycles. The highest BCUT2D eigenvalue weighted by Crippen LogP contribution is 2.26. The van der Waals surface area contributed by atoms with Crippen LogP contribution in [0.2, 0.25) is 0 Å². The van der Waals surface area contributed by atoms with E-state index in [4.69, 9.17) is 15.2 Å². The van der Waals surface area contributed by atoms with E-state index in [1.165, 1.54) is 24.3 Å². The first kappa shape index (κ1) is 31.4. The van der Waals surface area contributed by atoms with Crippen molar-refractivity contribution in [3.8, 4) is 0 Å². The van der Waals surface area contributed by atoms with E-state index < -0.39 is 22.8 Å². The lowest BCUT2D eigenvalue weighted by atomic mass is 10.1. The van der Waals surface area contributed by atoms with Gasteiger partial charge in [0, 0.05) is 18.7 Å². The molecule has 0 saturated heterocycles. The Hall–Kier alpha value is -3.81. The van der Waals surface area contributed by atoms with Crippen molar-refractivity contribution < 1.29 is 28.4 Å². The molecule has 0 atom stereocenters. The number of nitrogens with zero attached hydrogens (tertiary/aromatic N) is 1. The van der Waals surface area contributed by atoms with Crippen LogP contribution < -0.4 is 27.0 Å². The van der Waals surface area contributed by atoms with Crippen LogP contribution in [0.5, 0.6) is 0 Å². The number of carbonyl (C=O) groups is 2. The summed E-state index contributed by atoms with van der Waals surface area (Å²) >= 11 is 0. The first-order valence-electron chi connectivity index (χ1n) is 12.8. The highest BCUT2D eigenvalue weighted by molar-refractivity contribution is 6.00. The van der Waals surface area contributed by atoms with Crippen LogP contribution in [0, 0.1) is 15.9 Å². The van der Waals surface area contributed by atoms with Crippen molar-refractivity contribution in [1.29, 1.82) is 0 Å². The standard InChI is InChI=1S/C26H37FN6O6/c1-38-25(34)21-16-22(27)24(31-14-6-13-30-11-3-2-10-29-12-5-9-28)17-23(21)32-26(35)39-18-19-7-4-8-20(15-19)33(36)37/h4,7-8,15-17,29-31H,2-3,5-6,9-14,18,28H2,1H3,(H,32,35). The number of amides is 1. The van der Waals surface area contributed by atoms with Gasteiger partial charge in [-0.05, 0) is 76.1 Å². The minimum absolute atomic E-state index is 0.00649. The number of ether oxygens (including phenoxy) is 2. The molecule has 1 amide bonds. The second kappa shape index (κ2) is 17.7. The number of nitrogens with one attached hydrogen (secondary N) is 4. The molecule has 0 spiro atoms. The number of halogens is 1. The molecule has 2 rings (SSSR count). The van der Waals surface area contributed by atoms with E-state index in [2.05, 4.69) is 21.3 Å². The lowest BCUT2D eigenvalue weighted by molar-refractivity contribution is -0.384. The fourth-order valence-corrected chi connectivity index (χ4v) is 3.56. The van der Waals surface area contributed by atoms with Crippen LogP contribution in [0.15, 0.2) is 36.4 Å². The Balaban J connectivity index is 1.85. The van der Waals surface area contributed by atoms with Gasteiger partial charge >= 0.3 is 12.1 Å². The molecule has 0 radical (unpaired) electrons. The number of methoxy groups -OCH3 is 1. The second-order valence-corrected chi connectivity index (χ2v) is 8.63. The maximum absolute atomic E-state index is 14.7. The van der Waals surface area contributed by atoms with Gasteiger partial charge in [-0.25, -0.2) is 14.0 Å². The number of nitrogens with two attached hydrogens (primary N) is 1. The smallest absolute Gasteiger partial charge is 0.411 e. The van der Waals surface area contributed by atoms with Crippen LogP contribution in [-0.2, 0) is 16.1 Å². The number of rotatable bonds is 18. The average Bonchev–Trinajstić information content (AvgIpc) is 2.93. The molecule has 13 heteroatoms. The number of benzene rings is 2. The van der Waals surface area contributed by atoms with Crippen molar-refractivity contribution in [2.24, 2.45) is 5.73 Å². The Bertz CT molecular complexity index is 1090. The number of nitro groups is 1. The van der Waals surface area contributed by atoms with Crippen molar-refractivity contribution in [2.45, 2.75) is 32.3 Å². The number of carbonyl (C=O) groups excluding carboxylic acids is 2. The molecule has 39 heavy (non-hydrogen) atoms. The average molecular weight is 549 g/mol. The second-order valence-electron chi connectivity index (χ2n) is 8.63. The number of unbranched alkanes of at least 4 members (excludes halogenated alkanes) is 1. The maximum Gasteiger partial charge on any atom is 0.411 e. The van der Waals surface area contributed by atoms with E-state index in [1.807, 2.05) is 0 Å². The number of nitro benzene ring substituents is 1. The van der Waals surface area contributed by atoms with Crippen molar-refractivity contribution in [2.75, 3.05) is 57.0 Å². The highest BCUT2D eigenvalue weighted by atomic mass is 19.1. The van der Waals surface area contributed by atoms with Gasteiger partial charge in [0.05, 0.1) is 29.0 Å². The third-order valence-corrected chi connectivity index (χ3v) is 5.60. The topological polar surface area (TPSA) is 170 Å². The maximum atomic E-state index is 14.7. The van der Waals surface area contributed by atoms with Crippen molar-refractivity contribution in [3.63, 3.8) is 0 Å². The van der Waals surface area contributed by atoms with Crippen LogP contribution >= 0.6 is 0 Å². The van der Waals surface area contributed by atoms with Crippen molar-refractivity contribution >= 4 is 29.1 Å². The van der Waals surface area contributed by atoms with Gasteiger partial charge < -0.3 is 31.2 Å². The minimum Gasteiger partial charge on any atom is -0.465 e. The highest BCUT2D eigenvalue weighted by Gasteiger charge is 2.19. The normalized spacial score (nSPS) is 10.6. The SMILES string of the molecule is COC(=O)c1cc(F)c(NCCCNCCCCNCCCN)cc1NC(=O)OCc1cccc([N+](=O)[O-])c1. The van der Waals surface area contributed by atoms with E-state index >= 15 is 0 Å². The molecule has 6 N–H and O–H groups in total. The van der Waals surface area contributed by atoms with E-state index in [9.17, 15) is 24.1 Å². The molecule has 214 valence electrons. The molecule has 2 aromatic carbocycles. The number of hydrogen-bond donors (Lipinski definition) is 5. The van der Waals surface area contributed by atoms with E-state index in [-0.39, 0.29) is 29.2 Å². The molecule has 0 unspecified atom stereocenters. The molecular formula is C26H37FN6O6. The fourth-order valence-electron chi connectivity index (χ4n) is 3.56. The van der Waals surface area contributed by atoms with Gasteiger partial charge in [0.25, 0.3) is 5.69 Å². The van der Waals surface area contributed by atoms with Crippen molar-refractivity contribution in [1.82, 2.24) is 10.6 Å². The quantitative estimate of drug-likeness (QED) is 0.0805. The number of non-ortho nitro benzene ring substituents is 1. The summed E-state index contributed by atoms with van der Waals surface area (Å²) in [6.45, 7) is 4.42. The Labute approximate surface area is 227 Å². The van der Waals surface area contributed by atoms with Crippen molar-refractivity contribution in [3.05, 3.63) is 63.5 Å². The predicted molar refractivity (Wildman–Crippen MR) is 146 cm³/mol. The Kier molecular flexibility index (Phi) is 14.2. The molecule has 0 saturated carbocycles. The summed E-state index contributed by atoms with van der Waals surface area (Å²) in [5, 5.41) is 23.0. The third-order valence-electron chi connectivity index (χ3n) is 5.60. The summed E-state index contributed by atoms with van der Waals surface area (Å²) in [7, 11) is 1.14. The fraction of sp³-hybridized carbons (Fsp3) is 0.462. The summed E-state index contributed by atoms with van der Waals surface area (Å²) < 4.78 is 24.5. The zero-order valence-corrected chi connectivity index (χ0v) is 22.1. The van der Waals surface area contributed by atoms with Gasteiger partial charge in [-0.2, -0.15) is 0 Å². The molecule has 0 heterocycles. The summed E-state index contributed by atoms with van der Waals surface area (Å²) in [5.74, 6) is -1.52. The number of anilines is 2. The summed E-state index contributed by atoms with van der Waals surface area (Å²) in [6.07, 6.45) is 2.88. The molecule has 0 aromatic heterocycles. The molecule has 0 fully saturated rings. The van der Waals surface area contributed by atoms with Crippen LogP contribution in [0.1, 0.15) is 41.6 Å². The van der Waals surface area contributed by atoms with E-state index in [0.717, 1.165) is 65.0 Å². The van der Waals surface area contributed by atoms with Gasteiger partial charge in [0.15, 0.2) is 0 Å². The summed E-state index contributed by atoms with van der Waals surface area (Å²) in [4.78, 5) is 34.9. The number of hydrogen-bond acceptors (Lipinski definition) is 10. The lowest BCUT2D eigenvalue weighted by Crippen LogP contribution is -2.22. The number of esters is 1. The first-order chi connectivity index (χ1) is 18.8. The summed E-state index contributed by atoms with van der Waals surface area (Å²) in [6, 6.07) is 7.91. The molecule has 12 nitrogen and oxygen atoms in total. The molecule has 0 aliphatic rings. The molecule has 0 bridgehead atoms. The monoisotopic (exact) mass is 548 g/mol. The van der Waals surface area contributed by atoms with Gasteiger partial charge in [0.2, 0.25) is 0 Å². The van der Waals surface area contributed by atoms with Gasteiger partial charge in [-0.1, -0.05) is 12.1 Å². The zero-order valence-electron chi connectivity index (χ0n) is 22.1. The minimum atomic E-state index is -0.928. The Morgan fingerprint density at radius 1 is 0.974 bits per heavy atom. The zero-order chi connectivity index (χ0) is 28.5. The Morgan fingerprint density at radius 3 is 2.33 bits per heavy atom. The van der Waals surface area contributed by atoms with Crippen LogP contribution in [0.3, 0.4) is 0 Å². The van der Waals surface area contributed by atoms with Gasteiger partial charge in [-0.15, -0.1) is 0 Å². The molecular weight excluding hydrogens is 511 g/mol. The lowest BCUT2D eigenvalue weighted by Gasteiger charge is -2.14. The van der Waals surface area contributed by atoms with Crippen LogP contribution in [0.25, 0.3) is 0 Å². The largest absolute Gasteiger partial charge is 0.465 e. The van der Waals surface area contributed by atoms with E-state index in [1.54, 1.807) is 6.07 Å². The van der Waals surface area contributed by atoms with Gasteiger partial charge in [-0.3, -0.25) is 15.4 Å². The molecule has 0 aliphatic carbocycles. The third kappa shape index (κ3) is 11.6. The first-order valence-corrected chi connectivity index (χ1v) is 12.8. The van der Waals surface area contributed by atoms with Crippen LogP contribution in [-0.4, -0.2) is 63.4 Å².